The van der Waals surface area contributed by atoms with Crippen molar-refractivity contribution < 1.29 is 19.6 Å². The van der Waals surface area contributed by atoms with E-state index in [1.54, 1.807) is 4.90 Å². The number of aryl methyl sites for hydroxylation is 3. The molecule has 1 saturated heterocycles. The summed E-state index contributed by atoms with van der Waals surface area (Å²) in [6.07, 6.45) is -0.437. The zero-order valence-corrected chi connectivity index (χ0v) is 18.0. The first kappa shape index (κ1) is 21.1. The Morgan fingerprint density at radius 3 is 2.14 bits per heavy atom. The number of ether oxygens (including phenoxy) is 1. The van der Waals surface area contributed by atoms with Crippen molar-refractivity contribution in [2.45, 2.75) is 33.4 Å². The summed E-state index contributed by atoms with van der Waals surface area (Å²) in [5.41, 5.74) is 4.85. The molecular formula is C23H33ClN2O2+2. The van der Waals surface area contributed by atoms with Crippen LogP contribution in [-0.4, -0.2) is 50.5 Å². The van der Waals surface area contributed by atoms with Crippen LogP contribution in [0.5, 0.6) is 5.75 Å². The molecule has 1 heterocycles. The Morgan fingerprint density at radius 1 is 0.964 bits per heavy atom. The maximum atomic E-state index is 10.5. The quantitative estimate of drug-likeness (QED) is 0.644. The molecule has 1 aliphatic rings. The van der Waals surface area contributed by atoms with Gasteiger partial charge in [0, 0.05) is 10.6 Å². The summed E-state index contributed by atoms with van der Waals surface area (Å²) in [5.74, 6) is 0.914. The first-order chi connectivity index (χ1) is 13.4. The van der Waals surface area contributed by atoms with E-state index in [2.05, 4.69) is 45.0 Å². The van der Waals surface area contributed by atoms with Gasteiger partial charge in [-0.05, 0) is 44.0 Å². The van der Waals surface area contributed by atoms with E-state index in [9.17, 15) is 5.11 Å². The predicted molar refractivity (Wildman–Crippen MR) is 114 cm³/mol. The summed E-state index contributed by atoms with van der Waals surface area (Å²) in [6, 6.07) is 12.4. The minimum atomic E-state index is -0.437. The Hall–Kier alpha value is -1.59. The average Bonchev–Trinajstić information content (AvgIpc) is 2.64. The minimum Gasteiger partial charge on any atom is -0.490 e. The molecule has 1 aliphatic heterocycles. The Labute approximate surface area is 173 Å². The minimum absolute atomic E-state index is 0.357. The second-order valence-electron chi connectivity index (χ2n) is 8.20. The van der Waals surface area contributed by atoms with Crippen molar-refractivity contribution in [1.82, 2.24) is 0 Å². The third-order valence-corrected chi connectivity index (χ3v) is 5.83. The Morgan fingerprint density at radius 2 is 1.54 bits per heavy atom. The summed E-state index contributed by atoms with van der Waals surface area (Å²) in [4.78, 5) is 3.07. The number of rotatable bonds is 7. The fourth-order valence-electron chi connectivity index (χ4n) is 4.20. The molecule has 3 rings (SSSR count). The van der Waals surface area contributed by atoms with Crippen LogP contribution in [-0.2, 0) is 6.54 Å². The highest BCUT2D eigenvalue weighted by molar-refractivity contribution is 6.30. The average molecular weight is 405 g/mol. The van der Waals surface area contributed by atoms with Crippen LogP contribution in [0.1, 0.15) is 22.3 Å². The molecular weight excluding hydrogens is 372 g/mol. The molecule has 3 N–H and O–H groups in total. The molecule has 2 aromatic rings. The summed E-state index contributed by atoms with van der Waals surface area (Å²) in [6.45, 7) is 12.8. The largest absolute Gasteiger partial charge is 0.490 e. The van der Waals surface area contributed by atoms with Crippen molar-refractivity contribution in [2.24, 2.45) is 0 Å². The summed E-state index contributed by atoms with van der Waals surface area (Å²) < 4.78 is 5.96. The first-order valence-corrected chi connectivity index (χ1v) is 10.6. The van der Waals surface area contributed by atoms with Gasteiger partial charge in [-0.1, -0.05) is 41.4 Å². The van der Waals surface area contributed by atoms with Crippen LogP contribution in [0.25, 0.3) is 0 Å². The molecule has 0 unspecified atom stereocenters. The smallest absolute Gasteiger partial charge is 0.137 e. The lowest BCUT2D eigenvalue weighted by Gasteiger charge is -2.31. The summed E-state index contributed by atoms with van der Waals surface area (Å²) in [7, 11) is 0. The monoisotopic (exact) mass is 404 g/mol. The van der Waals surface area contributed by atoms with Crippen LogP contribution >= 0.6 is 11.6 Å². The molecule has 1 fully saturated rings. The van der Waals surface area contributed by atoms with Gasteiger partial charge in [-0.25, -0.2) is 0 Å². The van der Waals surface area contributed by atoms with Gasteiger partial charge in [0.15, 0.2) is 0 Å². The molecule has 2 aromatic carbocycles. The molecule has 4 nitrogen and oxygen atoms in total. The molecule has 0 aromatic heterocycles. The maximum Gasteiger partial charge on any atom is 0.137 e. The van der Waals surface area contributed by atoms with Crippen LogP contribution in [0.2, 0.25) is 5.02 Å². The number of benzene rings is 2. The van der Waals surface area contributed by atoms with Crippen molar-refractivity contribution in [3.8, 4) is 5.75 Å². The van der Waals surface area contributed by atoms with Crippen LogP contribution in [0.4, 0.5) is 0 Å². The fraction of sp³-hybridized carbons (Fsp3) is 0.478. The third-order valence-electron chi connectivity index (χ3n) is 5.58. The molecule has 0 saturated carbocycles. The van der Waals surface area contributed by atoms with E-state index in [4.69, 9.17) is 16.3 Å². The topological polar surface area (TPSA) is 38.3 Å². The molecule has 0 radical (unpaired) electrons. The lowest BCUT2D eigenvalue weighted by molar-refractivity contribution is -1.02. The third kappa shape index (κ3) is 5.95. The highest BCUT2D eigenvalue weighted by Crippen LogP contribution is 2.24. The first-order valence-electron chi connectivity index (χ1n) is 10.2. The van der Waals surface area contributed by atoms with Crippen molar-refractivity contribution in [1.29, 1.82) is 0 Å². The van der Waals surface area contributed by atoms with Crippen molar-refractivity contribution in [2.75, 3.05) is 39.3 Å². The van der Waals surface area contributed by atoms with Gasteiger partial charge in [-0.3, -0.25) is 0 Å². The van der Waals surface area contributed by atoms with Gasteiger partial charge < -0.3 is 19.6 Å². The highest BCUT2D eigenvalue weighted by atomic mass is 35.5. The molecule has 1 atom stereocenters. The van der Waals surface area contributed by atoms with E-state index >= 15 is 0 Å². The lowest BCUT2D eigenvalue weighted by Crippen LogP contribution is -3.28. The molecule has 0 spiro atoms. The normalized spacial score (nSPS) is 20.8. The van der Waals surface area contributed by atoms with Gasteiger partial charge in [0.1, 0.15) is 57.7 Å². The summed E-state index contributed by atoms with van der Waals surface area (Å²) >= 11 is 5.97. The van der Waals surface area contributed by atoms with Crippen LogP contribution in [0.3, 0.4) is 0 Å². The van der Waals surface area contributed by atoms with Crippen molar-refractivity contribution >= 4 is 11.6 Å². The number of piperazine rings is 1. The van der Waals surface area contributed by atoms with E-state index in [-0.39, 0.29) is 0 Å². The van der Waals surface area contributed by atoms with Gasteiger partial charge in [0.05, 0.1) is 0 Å². The number of aliphatic hydroxyl groups excluding tert-OH is 1. The van der Waals surface area contributed by atoms with E-state index in [0.717, 1.165) is 61.2 Å². The number of aliphatic hydroxyl groups is 1. The standard InChI is InChI=1S/C23H31ClN2O2/c1-17-12-18(2)23(19(3)13-17)28-16-22(27)15-26-10-8-25(9-11-26)14-20-4-6-21(24)7-5-20/h4-7,12-13,22,27H,8-11,14-16H2,1-3H3/p+2/t22-/m1/s1. The lowest BCUT2D eigenvalue weighted by atomic mass is 10.1. The van der Waals surface area contributed by atoms with Crippen LogP contribution in [0.15, 0.2) is 36.4 Å². The van der Waals surface area contributed by atoms with Crippen molar-refractivity contribution in [3.63, 3.8) is 0 Å². The van der Waals surface area contributed by atoms with Gasteiger partial charge in [0.2, 0.25) is 0 Å². The van der Waals surface area contributed by atoms with Gasteiger partial charge in [-0.15, -0.1) is 0 Å². The maximum absolute atomic E-state index is 10.5. The number of hydrogen-bond donors (Lipinski definition) is 3. The summed E-state index contributed by atoms with van der Waals surface area (Å²) in [5, 5.41) is 11.3. The molecule has 0 aliphatic carbocycles. The van der Waals surface area contributed by atoms with E-state index in [1.807, 2.05) is 12.1 Å². The number of quaternary nitrogens is 2. The SMILES string of the molecule is Cc1cc(C)c(OC[C@H](O)C[NH+]2CC[NH+](Cc3ccc(Cl)cc3)CC2)c(C)c1. The Kier molecular flexibility index (Phi) is 7.36. The predicted octanol–water partition coefficient (Wildman–Crippen LogP) is 0.989. The van der Waals surface area contributed by atoms with Gasteiger partial charge >= 0.3 is 0 Å². The van der Waals surface area contributed by atoms with Gasteiger partial charge in [-0.2, -0.15) is 0 Å². The number of hydrogen-bond acceptors (Lipinski definition) is 2. The van der Waals surface area contributed by atoms with E-state index < -0.39 is 6.10 Å². The van der Waals surface area contributed by atoms with Crippen LogP contribution in [0, 0.1) is 20.8 Å². The molecule has 5 heteroatoms. The highest BCUT2D eigenvalue weighted by Gasteiger charge is 2.25. The zero-order valence-electron chi connectivity index (χ0n) is 17.2. The second-order valence-corrected chi connectivity index (χ2v) is 8.64. The van der Waals surface area contributed by atoms with Crippen LogP contribution < -0.4 is 14.5 Å². The number of halogens is 1. The van der Waals surface area contributed by atoms with Gasteiger partial charge in [0.25, 0.3) is 0 Å². The van der Waals surface area contributed by atoms with Crippen molar-refractivity contribution in [3.05, 3.63) is 63.7 Å². The molecule has 0 bridgehead atoms. The molecule has 28 heavy (non-hydrogen) atoms. The Balaban J connectivity index is 1.41. The Bertz CT molecular complexity index is 748. The second kappa shape index (κ2) is 9.75. The fourth-order valence-corrected chi connectivity index (χ4v) is 4.32. The van der Waals surface area contributed by atoms with E-state index in [0.29, 0.717) is 6.61 Å². The zero-order chi connectivity index (χ0) is 20.1. The molecule has 152 valence electrons. The van der Waals surface area contributed by atoms with E-state index in [1.165, 1.54) is 16.0 Å². The number of nitrogens with one attached hydrogen (secondary N) is 2. The molecule has 0 amide bonds.